The van der Waals surface area contributed by atoms with Crippen molar-refractivity contribution in [1.82, 2.24) is 5.01 Å². The molecule has 0 aromatic heterocycles. The summed E-state index contributed by atoms with van der Waals surface area (Å²) in [5.41, 5.74) is 3.19. The van der Waals surface area contributed by atoms with Gasteiger partial charge < -0.3 is 9.47 Å². The summed E-state index contributed by atoms with van der Waals surface area (Å²) >= 11 is 3.64. The minimum absolute atomic E-state index is 0.0528. The molecule has 9 heteroatoms. The second-order valence-corrected chi connectivity index (χ2v) is 11.3. The zero-order valence-corrected chi connectivity index (χ0v) is 23.2. The molecular weight excluding hydrogens is 587 g/mol. The molecule has 1 fully saturated rings. The Balaban J connectivity index is 1.38. The number of hydrogen-bond donors (Lipinski definition) is 1. The molecule has 1 aliphatic carbocycles. The number of ether oxygens (including phenoxy) is 2. The second kappa shape index (κ2) is 10.8. The molecule has 2 aromatic rings. The van der Waals surface area contributed by atoms with E-state index in [0.717, 1.165) is 32.6 Å². The number of carbonyl (C=O) groups excluding carboxylic acids is 1. The Morgan fingerprint density at radius 3 is 2.78 bits per heavy atom. The minimum Gasteiger partial charge on any atom is -0.493 e. The number of hydrazone groups is 1. The van der Waals surface area contributed by atoms with Crippen LogP contribution in [0.3, 0.4) is 0 Å². The molecule has 1 amide bonds. The third-order valence-electron chi connectivity index (χ3n) is 6.45. The molecule has 186 valence electrons. The average molecular weight is 615 g/mol. The van der Waals surface area contributed by atoms with Crippen molar-refractivity contribution in [3.63, 3.8) is 0 Å². The summed E-state index contributed by atoms with van der Waals surface area (Å²) < 4.78 is 12.6. The summed E-state index contributed by atoms with van der Waals surface area (Å²) in [6.07, 6.45) is 7.55. The molecule has 3 aliphatic rings. The van der Waals surface area contributed by atoms with Crippen LogP contribution in [0, 0.1) is 21.8 Å². The van der Waals surface area contributed by atoms with Gasteiger partial charge in [-0.25, -0.2) is 0 Å². The summed E-state index contributed by atoms with van der Waals surface area (Å²) in [5.74, 6) is 1.23. The number of halogens is 1. The molecule has 0 radical (unpaired) electrons. The number of rotatable bonds is 6. The van der Waals surface area contributed by atoms with E-state index < -0.39 is 5.91 Å². The standard InChI is InChI=1S/C27H27IN4O3S/c1-16-7-6-8-17(11-16)15-35-23-21(28)13-18(14-22(23)34-2)12-20-24(29)32-27(30-25(20)33)36-26(31-32)19-9-4-3-5-10-19/h6-8,11-14,19,29H,3-5,9-10,15H2,1-2H3. The second-order valence-electron chi connectivity index (χ2n) is 9.11. The van der Waals surface area contributed by atoms with Gasteiger partial charge in [0, 0.05) is 5.92 Å². The van der Waals surface area contributed by atoms with Gasteiger partial charge in [-0.1, -0.05) is 49.1 Å². The Morgan fingerprint density at radius 1 is 1.22 bits per heavy atom. The molecule has 7 nitrogen and oxygen atoms in total. The highest BCUT2D eigenvalue weighted by Gasteiger charge is 2.38. The van der Waals surface area contributed by atoms with Crippen LogP contribution < -0.4 is 9.47 Å². The van der Waals surface area contributed by atoms with Crippen LogP contribution in [-0.4, -0.2) is 34.1 Å². The summed E-state index contributed by atoms with van der Waals surface area (Å²) in [7, 11) is 1.59. The Morgan fingerprint density at radius 2 is 2.03 bits per heavy atom. The first-order valence-electron chi connectivity index (χ1n) is 12.0. The van der Waals surface area contributed by atoms with Crippen molar-refractivity contribution in [3.8, 4) is 11.5 Å². The van der Waals surface area contributed by atoms with Gasteiger partial charge in [-0.05, 0) is 83.5 Å². The monoisotopic (exact) mass is 614 g/mol. The molecule has 1 N–H and O–H groups in total. The lowest BCUT2D eigenvalue weighted by Crippen LogP contribution is -2.35. The van der Waals surface area contributed by atoms with Crippen molar-refractivity contribution in [1.29, 1.82) is 5.41 Å². The van der Waals surface area contributed by atoms with E-state index in [1.54, 1.807) is 13.2 Å². The summed E-state index contributed by atoms with van der Waals surface area (Å²) in [5, 5.41) is 16.3. The van der Waals surface area contributed by atoms with Gasteiger partial charge in [0.05, 0.1) is 16.3 Å². The highest BCUT2D eigenvalue weighted by atomic mass is 127. The molecule has 0 atom stereocenters. The van der Waals surface area contributed by atoms with E-state index in [4.69, 9.17) is 14.9 Å². The Labute approximate surface area is 228 Å². The number of amidine groups is 2. The highest BCUT2D eigenvalue weighted by molar-refractivity contribution is 14.1. The van der Waals surface area contributed by atoms with Crippen LogP contribution in [-0.2, 0) is 11.4 Å². The van der Waals surface area contributed by atoms with Crippen LogP contribution in [0.15, 0.2) is 52.1 Å². The van der Waals surface area contributed by atoms with Crippen molar-refractivity contribution in [2.45, 2.75) is 45.6 Å². The Hall–Kier alpha value is -2.66. The Kier molecular flexibility index (Phi) is 7.47. The maximum absolute atomic E-state index is 12.9. The van der Waals surface area contributed by atoms with E-state index in [2.05, 4.69) is 51.7 Å². The number of hydrogen-bond acceptors (Lipinski definition) is 6. The molecular formula is C27H27IN4O3S. The predicted octanol–water partition coefficient (Wildman–Crippen LogP) is 6.39. The normalized spacial score (nSPS) is 19.3. The number of methoxy groups -OCH3 is 1. The number of fused-ring (bicyclic) bond motifs is 1. The largest absolute Gasteiger partial charge is 0.493 e. The summed E-state index contributed by atoms with van der Waals surface area (Å²) in [4.78, 5) is 17.1. The van der Waals surface area contributed by atoms with Crippen molar-refractivity contribution < 1.29 is 14.3 Å². The van der Waals surface area contributed by atoms with E-state index in [0.29, 0.717) is 29.2 Å². The fourth-order valence-electron chi connectivity index (χ4n) is 4.61. The number of benzene rings is 2. The molecule has 2 aromatic carbocycles. The van der Waals surface area contributed by atoms with Gasteiger partial charge in [-0.3, -0.25) is 10.2 Å². The van der Waals surface area contributed by atoms with Crippen molar-refractivity contribution in [3.05, 3.63) is 62.2 Å². The molecule has 36 heavy (non-hydrogen) atoms. The van der Waals surface area contributed by atoms with Gasteiger partial charge in [-0.2, -0.15) is 15.1 Å². The SMILES string of the molecule is COc1cc(C=C2C(=N)N3N=C(C4CCCCC4)SC3=NC2=O)cc(I)c1OCc1cccc(C)c1. The smallest absolute Gasteiger partial charge is 0.283 e. The zero-order valence-electron chi connectivity index (χ0n) is 20.2. The van der Waals surface area contributed by atoms with E-state index in [1.807, 2.05) is 24.3 Å². The van der Waals surface area contributed by atoms with Crippen LogP contribution >= 0.6 is 34.4 Å². The number of aryl methyl sites for hydroxylation is 1. The molecule has 2 aliphatic heterocycles. The van der Waals surface area contributed by atoms with Gasteiger partial charge in [-0.15, -0.1) is 0 Å². The number of thioether (sulfide) groups is 1. The minimum atomic E-state index is -0.424. The highest BCUT2D eigenvalue weighted by Crippen LogP contribution is 2.38. The molecule has 0 spiro atoms. The van der Waals surface area contributed by atoms with Crippen molar-refractivity contribution >= 4 is 62.4 Å². The quantitative estimate of drug-likeness (QED) is 0.301. The number of nitrogens with zero attached hydrogens (tertiary/aromatic N) is 3. The average Bonchev–Trinajstić information content (AvgIpc) is 3.30. The van der Waals surface area contributed by atoms with E-state index in [-0.39, 0.29) is 11.4 Å². The van der Waals surface area contributed by atoms with Crippen LogP contribution in [0.2, 0.25) is 0 Å². The van der Waals surface area contributed by atoms with Gasteiger partial charge in [0.25, 0.3) is 5.91 Å². The third kappa shape index (κ3) is 5.22. The van der Waals surface area contributed by atoms with Crippen LogP contribution in [0.1, 0.15) is 48.8 Å². The maximum Gasteiger partial charge on any atom is 0.283 e. The van der Waals surface area contributed by atoms with Gasteiger partial charge in [0.2, 0.25) is 5.17 Å². The molecule has 0 unspecified atom stereocenters. The predicted molar refractivity (Wildman–Crippen MR) is 153 cm³/mol. The number of amides is 1. The summed E-state index contributed by atoms with van der Waals surface area (Å²) in [6.45, 7) is 2.47. The number of aliphatic imine (C=N–C) groups is 1. The van der Waals surface area contributed by atoms with Crippen molar-refractivity contribution in [2.24, 2.45) is 16.0 Å². The first-order valence-corrected chi connectivity index (χ1v) is 13.9. The first-order chi connectivity index (χ1) is 17.4. The van der Waals surface area contributed by atoms with Crippen LogP contribution in [0.4, 0.5) is 0 Å². The van der Waals surface area contributed by atoms with Gasteiger partial charge >= 0.3 is 0 Å². The lowest BCUT2D eigenvalue weighted by Gasteiger charge is -2.20. The third-order valence-corrected chi connectivity index (χ3v) is 8.33. The number of nitrogens with one attached hydrogen (secondary N) is 1. The molecule has 2 heterocycles. The first kappa shape index (κ1) is 25.0. The fraction of sp³-hybridized carbons (Fsp3) is 0.333. The molecule has 0 saturated heterocycles. The number of carbonyl (C=O) groups is 1. The Bertz CT molecular complexity index is 1310. The van der Waals surface area contributed by atoms with E-state index in [9.17, 15) is 4.79 Å². The zero-order chi connectivity index (χ0) is 25.2. The lowest BCUT2D eigenvalue weighted by molar-refractivity contribution is -0.114. The van der Waals surface area contributed by atoms with Crippen molar-refractivity contribution in [2.75, 3.05) is 7.11 Å². The molecule has 0 bridgehead atoms. The van der Waals surface area contributed by atoms with Crippen LogP contribution in [0.5, 0.6) is 11.5 Å². The fourth-order valence-corrected chi connectivity index (χ4v) is 6.45. The maximum atomic E-state index is 12.9. The molecule has 5 rings (SSSR count). The van der Waals surface area contributed by atoms with Gasteiger partial charge in [0.1, 0.15) is 11.7 Å². The lowest BCUT2D eigenvalue weighted by atomic mass is 9.90. The van der Waals surface area contributed by atoms with Gasteiger partial charge in [0.15, 0.2) is 17.3 Å². The summed E-state index contributed by atoms with van der Waals surface area (Å²) in [6, 6.07) is 11.9. The van der Waals surface area contributed by atoms with E-state index in [1.165, 1.54) is 41.6 Å². The van der Waals surface area contributed by atoms with E-state index >= 15 is 0 Å². The topological polar surface area (TPSA) is 87.3 Å². The van der Waals surface area contributed by atoms with Crippen LogP contribution in [0.25, 0.3) is 6.08 Å². The molecule has 1 saturated carbocycles.